The number of nitrogens with zero attached hydrogens (tertiary/aromatic N) is 1. The molecule has 0 aliphatic rings. The summed E-state index contributed by atoms with van der Waals surface area (Å²) >= 11 is 3.36. The van der Waals surface area contributed by atoms with Gasteiger partial charge in [0.05, 0.1) is 0 Å². The molecule has 0 aromatic heterocycles. The van der Waals surface area contributed by atoms with Crippen molar-refractivity contribution in [3.8, 4) is 0 Å². The molecule has 1 aromatic carbocycles. The van der Waals surface area contributed by atoms with Gasteiger partial charge < -0.3 is 10.6 Å². The van der Waals surface area contributed by atoms with Crippen LogP contribution < -0.4 is 5.73 Å². The van der Waals surface area contributed by atoms with Gasteiger partial charge in [0, 0.05) is 28.3 Å². The van der Waals surface area contributed by atoms with E-state index < -0.39 is 0 Å². The Morgan fingerprint density at radius 1 is 1.41 bits per heavy atom. The SMILES string of the molecule is CCC(C)N(CC)C(=O)c1cc(N)cc(Br)c1. The van der Waals surface area contributed by atoms with Crippen molar-refractivity contribution in [3.63, 3.8) is 0 Å². The minimum absolute atomic E-state index is 0.0369. The molecule has 4 heteroatoms. The Hall–Kier alpha value is -1.03. The van der Waals surface area contributed by atoms with Crippen LogP contribution in [-0.2, 0) is 0 Å². The number of hydrogen-bond acceptors (Lipinski definition) is 2. The summed E-state index contributed by atoms with van der Waals surface area (Å²) in [5, 5.41) is 0. The van der Waals surface area contributed by atoms with Crippen LogP contribution in [0.25, 0.3) is 0 Å². The van der Waals surface area contributed by atoms with E-state index in [2.05, 4.69) is 29.8 Å². The summed E-state index contributed by atoms with van der Waals surface area (Å²) in [5.41, 5.74) is 6.98. The normalized spacial score (nSPS) is 12.2. The summed E-state index contributed by atoms with van der Waals surface area (Å²) in [4.78, 5) is 14.2. The quantitative estimate of drug-likeness (QED) is 0.867. The molecule has 0 spiro atoms. The van der Waals surface area contributed by atoms with Gasteiger partial charge in [-0.3, -0.25) is 4.79 Å². The summed E-state index contributed by atoms with van der Waals surface area (Å²) in [7, 11) is 0. The standard InChI is InChI=1S/C13H19BrN2O/c1-4-9(3)16(5-2)13(17)10-6-11(14)8-12(15)7-10/h6-9H,4-5,15H2,1-3H3. The molecule has 1 rings (SSSR count). The molecule has 1 atom stereocenters. The number of carbonyl (C=O) groups is 1. The molecule has 1 unspecified atom stereocenters. The van der Waals surface area contributed by atoms with Crippen LogP contribution in [0.5, 0.6) is 0 Å². The molecule has 0 bridgehead atoms. The lowest BCUT2D eigenvalue weighted by molar-refractivity contribution is 0.0700. The highest BCUT2D eigenvalue weighted by atomic mass is 79.9. The maximum Gasteiger partial charge on any atom is 0.254 e. The number of hydrogen-bond donors (Lipinski definition) is 1. The van der Waals surface area contributed by atoms with E-state index >= 15 is 0 Å². The van der Waals surface area contributed by atoms with Crippen molar-refractivity contribution < 1.29 is 4.79 Å². The summed E-state index contributed by atoms with van der Waals surface area (Å²) in [5.74, 6) is 0.0369. The molecule has 94 valence electrons. The predicted octanol–water partition coefficient (Wildman–Crippen LogP) is 3.29. The molecule has 1 amide bonds. The fourth-order valence-corrected chi connectivity index (χ4v) is 2.29. The lowest BCUT2D eigenvalue weighted by Gasteiger charge is -2.27. The zero-order valence-corrected chi connectivity index (χ0v) is 12.1. The molecule has 0 radical (unpaired) electrons. The molecule has 0 aliphatic heterocycles. The van der Waals surface area contributed by atoms with Crippen molar-refractivity contribution in [1.82, 2.24) is 4.90 Å². The Balaban J connectivity index is 3.01. The third-order valence-corrected chi connectivity index (χ3v) is 3.35. The molecular weight excluding hydrogens is 280 g/mol. The molecule has 0 aliphatic carbocycles. The number of amides is 1. The molecule has 2 N–H and O–H groups in total. The van der Waals surface area contributed by atoms with Gasteiger partial charge in [0.2, 0.25) is 0 Å². The van der Waals surface area contributed by atoms with E-state index in [0.717, 1.165) is 10.9 Å². The predicted molar refractivity (Wildman–Crippen MR) is 75.0 cm³/mol. The smallest absolute Gasteiger partial charge is 0.254 e. The second-order valence-corrected chi connectivity index (χ2v) is 5.04. The summed E-state index contributed by atoms with van der Waals surface area (Å²) in [6.07, 6.45) is 0.947. The number of rotatable bonds is 4. The zero-order chi connectivity index (χ0) is 13.0. The van der Waals surface area contributed by atoms with Crippen LogP contribution in [0.15, 0.2) is 22.7 Å². The van der Waals surface area contributed by atoms with Crippen LogP contribution in [0.3, 0.4) is 0 Å². The van der Waals surface area contributed by atoms with Crippen molar-refractivity contribution >= 4 is 27.5 Å². The van der Waals surface area contributed by atoms with E-state index in [-0.39, 0.29) is 11.9 Å². The van der Waals surface area contributed by atoms with Crippen LogP contribution in [0.2, 0.25) is 0 Å². The molecule has 0 saturated heterocycles. The van der Waals surface area contributed by atoms with Gasteiger partial charge in [-0.2, -0.15) is 0 Å². The van der Waals surface area contributed by atoms with Crippen LogP contribution >= 0.6 is 15.9 Å². The molecule has 3 nitrogen and oxygen atoms in total. The maximum absolute atomic E-state index is 12.3. The average molecular weight is 299 g/mol. The average Bonchev–Trinajstić information content (AvgIpc) is 2.28. The second kappa shape index (κ2) is 6.05. The first-order valence-corrected chi connectivity index (χ1v) is 6.65. The van der Waals surface area contributed by atoms with Gasteiger partial charge in [-0.25, -0.2) is 0 Å². The highest BCUT2D eigenvalue weighted by Crippen LogP contribution is 2.19. The van der Waals surface area contributed by atoms with Gasteiger partial charge in [0.15, 0.2) is 0 Å². The van der Waals surface area contributed by atoms with Crippen molar-refractivity contribution in [2.75, 3.05) is 12.3 Å². The van der Waals surface area contributed by atoms with Gasteiger partial charge in [-0.1, -0.05) is 22.9 Å². The molecule has 0 fully saturated rings. The summed E-state index contributed by atoms with van der Waals surface area (Å²) in [6, 6.07) is 5.56. The zero-order valence-electron chi connectivity index (χ0n) is 10.5. The fourth-order valence-electron chi connectivity index (χ4n) is 1.78. The Labute approximate surface area is 111 Å². The Bertz CT molecular complexity index is 386. The van der Waals surface area contributed by atoms with E-state index in [9.17, 15) is 4.79 Å². The monoisotopic (exact) mass is 298 g/mol. The third-order valence-electron chi connectivity index (χ3n) is 2.89. The van der Waals surface area contributed by atoms with Gasteiger partial charge in [0.1, 0.15) is 0 Å². The van der Waals surface area contributed by atoms with Gasteiger partial charge in [-0.15, -0.1) is 0 Å². The topological polar surface area (TPSA) is 46.3 Å². The highest BCUT2D eigenvalue weighted by molar-refractivity contribution is 9.10. The van der Waals surface area contributed by atoms with Crippen LogP contribution in [0.1, 0.15) is 37.6 Å². The molecular formula is C13H19BrN2O. The Morgan fingerprint density at radius 2 is 2.06 bits per heavy atom. The van der Waals surface area contributed by atoms with Crippen LogP contribution in [0, 0.1) is 0 Å². The first-order valence-electron chi connectivity index (χ1n) is 5.86. The van der Waals surface area contributed by atoms with Crippen LogP contribution in [-0.4, -0.2) is 23.4 Å². The number of nitrogens with two attached hydrogens (primary N) is 1. The fraction of sp³-hybridized carbons (Fsp3) is 0.462. The van der Waals surface area contributed by atoms with E-state index in [1.54, 1.807) is 12.1 Å². The lowest BCUT2D eigenvalue weighted by atomic mass is 10.1. The Kier molecular flexibility index (Phi) is 5.00. The molecule has 0 saturated carbocycles. The first-order chi connectivity index (χ1) is 7.99. The van der Waals surface area contributed by atoms with E-state index in [4.69, 9.17) is 5.73 Å². The van der Waals surface area contributed by atoms with E-state index in [1.165, 1.54) is 0 Å². The number of benzene rings is 1. The number of carbonyl (C=O) groups excluding carboxylic acids is 1. The number of nitrogen functional groups attached to an aromatic ring is 1. The largest absolute Gasteiger partial charge is 0.399 e. The molecule has 1 aromatic rings. The first kappa shape index (κ1) is 14.0. The Morgan fingerprint density at radius 3 is 2.53 bits per heavy atom. The number of halogens is 1. The van der Waals surface area contributed by atoms with Crippen molar-refractivity contribution in [2.24, 2.45) is 0 Å². The minimum Gasteiger partial charge on any atom is -0.399 e. The van der Waals surface area contributed by atoms with Crippen molar-refractivity contribution in [1.29, 1.82) is 0 Å². The van der Waals surface area contributed by atoms with E-state index in [0.29, 0.717) is 17.8 Å². The number of anilines is 1. The van der Waals surface area contributed by atoms with E-state index in [1.807, 2.05) is 17.9 Å². The summed E-state index contributed by atoms with van der Waals surface area (Å²) in [6.45, 7) is 6.84. The molecule has 17 heavy (non-hydrogen) atoms. The molecule has 0 heterocycles. The van der Waals surface area contributed by atoms with Gasteiger partial charge >= 0.3 is 0 Å². The minimum atomic E-state index is 0.0369. The van der Waals surface area contributed by atoms with Crippen molar-refractivity contribution in [3.05, 3.63) is 28.2 Å². The lowest BCUT2D eigenvalue weighted by Crippen LogP contribution is -2.38. The highest BCUT2D eigenvalue weighted by Gasteiger charge is 2.19. The second-order valence-electron chi connectivity index (χ2n) is 4.12. The van der Waals surface area contributed by atoms with Crippen molar-refractivity contribution in [2.45, 2.75) is 33.2 Å². The van der Waals surface area contributed by atoms with Gasteiger partial charge in [0.25, 0.3) is 5.91 Å². The maximum atomic E-state index is 12.3. The van der Waals surface area contributed by atoms with Crippen LogP contribution in [0.4, 0.5) is 5.69 Å². The third kappa shape index (κ3) is 3.46. The van der Waals surface area contributed by atoms with Gasteiger partial charge in [-0.05, 0) is 38.5 Å². The summed E-state index contributed by atoms with van der Waals surface area (Å²) < 4.78 is 0.834.